The Labute approximate surface area is 103 Å². The number of primary amides is 1. The maximum Gasteiger partial charge on any atom is 0.311 e. The molecule has 1 unspecified atom stereocenters. The van der Waals surface area contributed by atoms with Crippen molar-refractivity contribution in [1.29, 1.82) is 0 Å². The molecule has 0 saturated carbocycles. The van der Waals surface area contributed by atoms with Gasteiger partial charge < -0.3 is 16.4 Å². The Bertz CT molecular complexity index is 504. The third-order valence-electron chi connectivity index (χ3n) is 2.96. The summed E-state index contributed by atoms with van der Waals surface area (Å²) in [6.45, 7) is 0.637. The highest BCUT2D eigenvalue weighted by atomic mass is 16.6. The Balaban J connectivity index is 2.32. The van der Waals surface area contributed by atoms with Crippen molar-refractivity contribution < 1.29 is 9.72 Å². The highest BCUT2D eigenvalue weighted by Gasteiger charge is 2.30. The van der Waals surface area contributed by atoms with Crippen molar-refractivity contribution in [3.8, 4) is 0 Å². The van der Waals surface area contributed by atoms with Crippen LogP contribution in [-0.4, -0.2) is 28.4 Å². The van der Waals surface area contributed by atoms with Crippen molar-refractivity contribution in [1.82, 2.24) is 4.98 Å². The number of hydrogen-bond acceptors (Lipinski definition) is 6. The molecule has 0 aromatic carbocycles. The second-order valence-corrected chi connectivity index (χ2v) is 4.08. The van der Waals surface area contributed by atoms with E-state index in [1.165, 1.54) is 12.1 Å². The molecule has 0 bridgehead atoms. The summed E-state index contributed by atoms with van der Waals surface area (Å²) in [5, 5.41) is 10.6. The molecule has 2 heterocycles. The van der Waals surface area contributed by atoms with Gasteiger partial charge in [-0.2, -0.15) is 0 Å². The van der Waals surface area contributed by atoms with Gasteiger partial charge in [-0.05, 0) is 18.9 Å². The van der Waals surface area contributed by atoms with Gasteiger partial charge in [0.05, 0.1) is 4.92 Å². The molecule has 8 heteroatoms. The second-order valence-electron chi connectivity index (χ2n) is 4.08. The molecule has 1 aromatic heterocycles. The van der Waals surface area contributed by atoms with Gasteiger partial charge in [0, 0.05) is 12.6 Å². The summed E-state index contributed by atoms with van der Waals surface area (Å²) in [4.78, 5) is 27.0. The number of carbonyl (C=O) groups excluding carboxylic acids is 1. The van der Waals surface area contributed by atoms with Gasteiger partial charge in [-0.15, -0.1) is 0 Å². The largest absolute Gasteiger partial charge is 0.378 e. The topological polar surface area (TPSA) is 128 Å². The fourth-order valence-corrected chi connectivity index (χ4v) is 2.11. The van der Waals surface area contributed by atoms with Crippen molar-refractivity contribution in [3.63, 3.8) is 0 Å². The monoisotopic (exact) mass is 251 g/mol. The van der Waals surface area contributed by atoms with Gasteiger partial charge in [0.1, 0.15) is 11.9 Å². The maximum atomic E-state index is 11.3. The molecule has 1 amide bonds. The summed E-state index contributed by atoms with van der Waals surface area (Å²) in [6, 6.07) is 2.35. The van der Waals surface area contributed by atoms with Crippen LogP contribution in [0.3, 0.4) is 0 Å². The van der Waals surface area contributed by atoms with Crippen molar-refractivity contribution in [2.75, 3.05) is 17.2 Å². The molecule has 4 N–H and O–H groups in total. The van der Waals surface area contributed by atoms with Gasteiger partial charge in [0.15, 0.2) is 0 Å². The van der Waals surface area contributed by atoms with E-state index in [1.54, 1.807) is 4.90 Å². The average Bonchev–Trinajstić information content (AvgIpc) is 2.77. The predicted octanol–water partition coefficient (Wildman–Crippen LogP) is 0.0261. The van der Waals surface area contributed by atoms with Crippen LogP contribution < -0.4 is 16.4 Å². The molecule has 1 fully saturated rings. The summed E-state index contributed by atoms with van der Waals surface area (Å²) >= 11 is 0. The molecule has 1 atom stereocenters. The number of nitrogen functional groups attached to an aromatic ring is 1. The van der Waals surface area contributed by atoms with Gasteiger partial charge in [-0.3, -0.25) is 14.9 Å². The zero-order valence-electron chi connectivity index (χ0n) is 9.57. The van der Waals surface area contributed by atoms with E-state index >= 15 is 0 Å². The molecular formula is C10H13N5O3. The molecule has 1 aliphatic rings. The lowest BCUT2D eigenvalue weighted by molar-refractivity contribution is -0.384. The first-order valence-corrected chi connectivity index (χ1v) is 5.47. The summed E-state index contributed by atoms with van der Waals surface area (Å²) in [7, 11) is 0. The van der Waals surface area contributed by atoms with Crippen LogP contribution in [0.2, 0.25) is 0 Å². The second kappa shape index (κ2) is 4.47. The first-order valence-electron chi connectivity index (χ1n) is 5.47. The smallest absolute Gasteiger partial charge is 0.311 e. The van der Waals surface area contributed by atoms with Crippen LogP contribution in [0.1, 0.15) is 12.8 Å². The number of pyridine rings is 1. The van der Waals surface area contributed by atoms with Crippen LogP contribution in [0.4, 0.5) is 17.3 Å². The van der Waals surface area contributed by atoms with E-state index in [1.807, 2.05) is 0 Å². The number of nitro groups is 1. The number of rotatable bonds is 3. The van der Waals surface area contributed by atoms with Crippen LogP contribution >= 0.6 is 0 Å². The molecule has 1 saturated heterocycles. The number of nitrogens with zero attached hydrogens (tertiary/aromatic N) is 3. The third kappa shape index (κ3) is 2.04. The molecular weight excluding hydrogens is 238 g/mol. The van der Waals surface area contributed by atoms with Crippen molar-refractivity contribution >= 4 is 23.2 Å². The van der Waals surface area contributed by atoms with Crippen LogP contribution in [-0.2, 0) is 4.79 Å². The molecule has 0 aliphatic carbocycles. The standard InChI is InChI=1S/C10H13N5O3/c11-9-6(15(17)18)3-4-8(13-9)14-5-1-2-7(14)10(12)16/h3-4,7H,1-2,5H2,(H2,11,13)(H2,12,16). The number of amides is 1. The first-order chi connectivity index (χ1) is 8.50. The van der Waals surface area contributed by atoms with Crippen LogP contribution in [0, 0.1) is 10.1 Å². The Hall–Kier alpha value is -2.38. The van der Waals surface area contributed by atoms with Gasteiger partial charge in [-0.25, -0.2) is 4.98 Å². The minimum atomic E-state index is -0.596. The average molecular weight is 251 g/mol. The predicted molar refractivity (Wildman–Crippen MR) is 64.9 cm³/mol. The van der Waals surface area contributed by atoms with E-state index < -0.39 is 16.9 Å². The van der Waals surface area contributed by atoms with E-state index in [9.17, 15) is 14.9 Å². The van der Waals surface area contributed by atoms with Crippen molar-refractivity contribution in [2.24, 2.45) is 5.73 Å². The normalized spacial score (nSPS) is 18.9. The Kier molecular flexibility index (Phi) is 3.00. The van der Waals surface area contributed by atoms with Gasteiger partial charge >= 0.3 is 5.69 Å². The van der Waals surface area contributed by atoms with E-state index in [4.69, 9.17) is 11.5 Å². The molecule has 18 heavy (non-hydrogen) atoms. The minimum absolute atomic E-state index is 0.160. The first kappa shape index (κ1) is 12.1. The molecule has 96 valence electrons. The molecule has 1 aromatic rings. The van der Waals surface area contributed by atoms with E-state index in [2.05, 4.69) is 4.98 Å². The highest BCUT2D eigenvalue weighted by molar-refractivity contribution is 5.84. The fraction of sp³-hybridized carbons (Fsp3) is 0.400. The molecule has 0 spiro atoms. The fourth-order valence-electron chi connectivity index (χ4n) is 2.11. The number of hydrogen-bond donors (Lipinski definition) is 2. The number of carbonyl (C=O) groups is 1. The summed E-state index contributed by atoms with van der Waals surface area (Å²) in [6.07, 6.45) is 1.49. The summed E-state index contributed by atoms with van der Waals surface area (Å²) in [5.41, 5.74) is 10.6. The zero-order chi connectivity index (χ0) is 13.3. The zero-order valence-corrected chi connectivity index (χ0v) is 9.57. The van der Waals surface area contributed by atoms with Gasteiger partial charge in [-0.1, -0.05) is 0 Å². The van der Waals surface area contributed by atoms with Gasteiger partial charge in [0.25, 0.3) is 0 Å². The lowest BCUT2D eigenvalue weighted by Gasteiger charge is -2.23. The minimum Gasteiger partial charge on any atom is -0.378 e. The van der Waals surface area contributed by atoms with E-state index in [-0.39, 0.29) is 11.5 Å². The molecule has 2 rings (SSSR count). The van der Waals surface area contributed by atoms with Crippen LogP contribution in [0.25, 0.3) is 0 Å². The molecule has 1 aliphatic heterocycles. The Morgan fingerprint density at radius 2 is 2.28 bits per heavy atom. The lowest BCUT2D eigenvalue weighted by atomic mass is 10.2. The number of anilines is 2. The maximum absolute atomic E-state index is 11.3. The number of nitrogens with two attached hydrogens (primary N) is 2. The van der Waals surface area contributed by atoms with Crippen molar-refractivity contribution in [3.05, 3.63) is 22.2 Å². The lowest BCUT2D eigenvalue weighted by Crippen LogP contribution is -2.40. The molecule has 0 radical (unpaired) electrons. The van der Waals surface area contributed by atoms with E-state index in [0.717, 1.165) is 6.42 Å². The Morgan fingerprint density at radius 1 is 1.56 bits per heavy atom. The highest BCUT2D eigenvalue weighted by Crippen LogP contribution is 2.27. The molecule has 8 nitrogen and oxygen atoms in total. The number of aromatic nitrogens is 1. The van der Waals surface area contributed by atoms with Crippen LogP contribution in [0.15, 0.2) is 12.1 Å². The summed E-state index contributed by atoms with van der Waals surface area (Å²) in [5.74, 6) is -0.141. The van der Waals surface area contributed by atoms with E-state index in [0.29, 0.717) is 18.8 Å². The Morgan fingerprint density at radius 3 is 2.83 bits per heavy atom. The van der Waals surface area contributed by atoms with Crippen molar-refractivity contribution in [2.45, 2.75) is 18.9 Å². The van der Waals surface area contributed by atoms with Gasteiger partial charge in [0.2, 0.25) is 11.7 Å². The SMILES string of the molecule is NC(=O)C1CCCN1c1ccc([N+](=O)[O-])c(N)n1. The quantitative estimate of drug-likeness (QED) is 0.575. The van der Waals surface area contributed by atoms with Crippen LogP contribution in [0.5, 0.6) is 0 Å². The summed E-state index contributed by atoms with van der Waals surface area (Å²) < 4.78 is 0. The third-order valence-corrected chi connectivity index (χ3v) is 2.96.